The minimum absolute atomic E-state index is 0.246. The average molecular weight is 311 g/mol. The zero-order valence-electron chi connectivity index (χ0n) is 9.77. The lowest BCUT2D eigenvalue weighted by molar-refractivity contribution is 0.627. The fourth-order valence-corrected chi connectivity index (χ4v) is 1.92. The van der Waals surface area contributed by atoms with Crippen molar-refractivity contribution in [3.8, 4) is 0 Å². The predicted molar refractivity (Wildman–Crippen MR) is 72.7 cm³/mol. The van der Waals surface area contributed by atoms with E-state index in [-0.39, 0.29) is 5.82 Å². The van der Waals surface area contributed by atoms with Gasteiger partial charge in [-0.3, -0.25) is 0 Å². The molecule has 1 heterocycles. The second kappa shape index (κ2) is 5.30. The standard InChI is InChI=1S/C12H12BrFN4/c1-18(7-8-2-4-9(14)5-3-8)12-16-10(13)6-11(15)17-12/h2-6H,7H2,1H3,(H2,15,16,17). The number of hydrogen-bond donors (Lipinski definition) is 1. The van der Waals surface area contributed by atoms with Crippen LogP contribution in [0.2, 0.25) is 0 Å². The Kier molecular flexibility index (Phi) is 3.76. The Morgan fingerprint density at radius 1 is 1.28 bits per heavy atom. The molecule has 0 aliphatic rings. The summed E-state index contributed by atoms with van der Waals surface area (Å²) in [6, 6.07) is 7.95. The van der Waals surface area contributed by atoms with Gasteiger partial charge in [0.05, 0.1) is 0 Å². The van der Waals surface area contributed by atoms with Crippen LogP contribution in [-0.2, 0) is 6.54 Å². The summed E-state index contributed by atoms with van der Waals surface area (Å²) >= 11 is 3.27. The molecule has 4 nitrogen and oxygen atoms in total. The topological polar surface area (TPSA) is 55.0 Å². The minimum Gasteiger partial charge on any atom is -0.383 e. The fraction of sp³-hybridized carbons (Fsp3) is 0.167. The van der Waals surface area contributed by atoms with Crippen molar-refractivity contribution in [1.29, 1.82) is 0 Å². The first kappa shape index (κ1) is 12.8. The van der Waals surface area contributed by atoms with Gasteiger partial charge in [0, 0.05) is 19.7 Å². The molecule has 2 N–H and O–H groups in total. The summed E-state index contributed by atoms with van der Waals surface area (Å²) in [5, 5.41) is 0. The van der Waals surface area contributed by atoms with Crippen LogP contribution in [0.4, 0.5) is 16.2 Å². The van der Waals surface area contributed by atoms with Crippen molar-refractivity contribution < 1.29 is 4.39 Å². The number of halogens is 2. The van der Waals surface area contributed by atoms with Gasteiger partial charge < -0.3 is 10.6 Å². The van der Waals surface area contributed by atoms with Crippen LogP contribution in [0.25, 0.3) is 0 Å². The van der Waals surface area contributed by atoms with Crippen LogP contribution in [0.5, 0.6) is 0 Å². The fourth-order valence-electron chi connectivity index (χ4n) is 1.53. The van der Waals surface area contributed by atoms with E-state index in [0.717, 1.165) is 5.56 Å². The molecule has 0 radical (unpaired) electrons. The van der Waals surface area contributed by atoms with E-state index in [0.29, 0.717) is 22.9 Å². The lowest BCUT2D eigenvalue weighted by atomic mass is 10.2. The Bertz CT molecular complexity index is 524. The van der Waals surface area contributed by atoms with E-state index in [1.54, 1.807) is 18.2 Å². The van der Waals surface area contributed by atoms with Crippen LogP contribution in [0.15, 0.2) is 34.9 Å². The van der Waals surface area contributed by atoms with Crippen LogP contribution in [0, 0.1) is 5.82 Å². The summed E-state index contributed by atoms with van der Waals surface area (Å²) in [5.74, 6) is 0.674. The van der Waals surface area contributed by atoms with Crippen molar-refractivity contribution in [3.05, 3.63) is 46.3 Å². The normalized spacial score (nSPS) is 10.4. The first-order valence-electron chi connectivity index (χ1n) is 5.30. The lowest BCUT2D eigenvalue weighted by Crippen LogP contribution is -2.19. The van der Waals surface area contributed by atoms with Gasteiger partial charge in [-0.2, -0.15) is 4.98 Å². The molecule has 0 unspecified atom stereocenters. The van der Waals surface area contributed by atoms with Gasteiger partial charge in [-0.1, -0.05) is 12.1 Å². The third-order valence-electron chi connectivity index (χ3n) is 2.38. The van der Waals surface area contributed by atoms with E-state index in [1.807, 2.05) is 11.9 Å². The zero-order valence-corrected chi connectivity index (χ0v) is 11.4. The molecule has 2 aromatic rings. The van der Waals surface area contributed by atoms with E-state index in [1.165, 1.54) is 12.1 Å². The summed E-state index contributed by atoms with van der Waals surface area (Å²) < 4.78 is 13.4. The van der Waals surface area contributed by atoms with E-state index in [4.69, 9.17) is 5.73 Å². The molecule has 0 aliphatic heterocycles. The summed E-state index contributed by atoms with van der Waals surface area (Å²) in [7, 11) is 1.85. The number of anilines is 2. The number of benzene rings is 1. The van der Waals surface area contributed by atoms with E-state index in [9.17, 15) is 4.39 Å². The van der Waals surface area contributed by atoms with E-state index < -0.39 is 0 Å². The highest BCUT2D eigenvalue weighted by Gasteiger charge is 2.07. The maximum atomic E-state index is 12.8. The second-order valence-electron chi connectivity index (χ2n) is 3.90. The molecule has 0 saturated heterocycles. The predicted octanol–water partition coefficient (Wildman–Crippen LogP) is 2.60. The molecule has 0 fully saturated rings. The summed E-state index contributed by atoms with van der Waals surface area (Å²) in [5.41, 5.74) is 6.63. The molecule has 2 rings (SSSR count). The summed E-state index contributed by atoms with van der Waals surface area (Å²) in [6.07, 6.45) is 0. The third-order valence-corrected chi connectivity index (χ3v) is 2.78. The molecular formula is C12H12BrFN4. The van der Waals surface area contributed by atoms with Gasteiger partial charge in [0.2, 0.25) is 5.95 Å². The molecule has 0 spiro atoms. The van der Waals surface area contributed by atoms with Crippen molar-refractivity contribution in [1.82, 2.24) is 9.97 Å². The second-order valence-corrected chi connectivity index (χ2v) is 4.71. The molecule has 0 atom stereocenters. The highest BCUT2D eigenvalue weighted by Crippen LogP contribution is 2.16. The summed E-state index contributed by atoms with van der Waals surface area (Å²) in [6.45, 7) is 0.580. The van der Waals surface area contributed by atoms with Gasteiger partial charge in [-0.15, -0.1) is 0 Å². The Morgan fingerprint density at radius 2 is 1.94 bits per heavy atom. The Hall–Kier alpha value is -1.69. The molecule has 0 aliphatic carbocycles. The van der Waals surface area contributed by atoms with Crippen LogP contribution in [0.1, 0.15) is 5.56 Å². The monoisotopic (exact) mass is 310 g/mol. The van der Waals surface area contributed by atoms with Gasteiger partial charge in [0.15, 0.2) is 0 Å². The molecule has 94 valence electrons. The van der Waals surface area contributed by atoms with Crippen molar-refractivity contribution in [3.63, 3.8) is 0 Å². The van der Waals surface area contributed by atoms with Crippen LogP contribution in [0.3, 0.4) is 0 Å². The first-order valence-corrected chi connectivity index (χ1v) is 6.09. The van der Waals surface area contributed by atoms with Gasteiger partial charge >= 0.3 is 0 Å². The van der Waals surface area contributed by atoms with Gasteiger partial charge in [0.25, 0.3) is 0 Å². The molecular weight excluding hydrogens is 299 g/mol. The lowest BCUT2D eigenvalue weighted by Gasteiger charge is -2.17. The quantitative estimate of drug-likeness (QED) is 0.885. The number of nitrogens with two attached hydrogens (primary N) is 1. The molecule has 18 heavy (non-hydrogen) atoms. The maximum Gasteiger partial charge on any atom is 0.228 e. The molecule has 1 aromatic carbocycles. The van der Waals surface area contributed by atoms with E-state index in [2.05, 4.69) is 25.9 Å². The van der Waals surface area contributed by atoms with Crippen molar-refractivity contribution in [2.45, 2.75) is 6.54 Å². The van der Waals surface area contributed by atoms with Gasteiger partial charge in [-0.05, 0) is 33.6 Å². The number of rotatable bonds is 3. The van der Waals surface area contributed by atoms with Crippen molar-refractivity contribution >= 4 is 27.7 Å². The van der Waals surface area contributed by atoms with Crippen LogP contribution in [-0.4, -0.2) is 17.0 Å². The molecule has 6 heteroatoms. The minimum atomic E-state index is -0.246. The number of hydrogen-bond acceptors (Lipinski definition) is 4. The molecule has 1 aromatic heterocycles. The smallest absolute Gasteiger partial charge is 0.228 e. The molecule has 0 bridgehead atoms. The molecule has 0 amide bonds. The van der Waals surface area contributed by atoms with Crippen molar-refractivity contribution in [2.24, 2.45) is 0 Å². The van der Waals surface area contributed by atoms with Crippen LogP contribution < -0.4 is 10.6 Å². The Balaban J connectivity index is 2.16. The maximum absolute atomic E-state index is 12.8. The van der Waals surface area contributed by atoms with Gasteiger partial charge in [-0.25, -0.2) is 9.37 Å². The number of nitrogen functional groups attached to an aromatic ring is 1. The highest BCUT2D eigenvalue weighted by atomic mass is 79.9. The zero-order chi connectivity index (χ0) is 13.1. The average Bonchev–Trinajstić information content (AvgIpc) is 2.31. The van der Waals surface area contributed by atoms with Gasteiger partial charge in [0.1, 0.15) is 16.2 Å². The summed E-state index contributed by atoms with van der Waals surface area (Å²) in [4.78, 5) is 10.2. The largest absolute Gasteiger partial charge is 0.383 e. The highest BCUT2D eigenvalue weighted by molar-refractivity contribution is 9.10. The third kappa shape index (κ3) is 3.16. The Labute approximate surface area is 113 Å². The SMILES string of the molecule is CN(Cc1ccc(F)cc1)c1nc(N)cc(Br)n1. The first-order chi connectivity index (χ1) is 8.54. The Morgan fingerprint density at radius 3 is 2.56 bits per heavy atom. The van der Waals surface area contributed by atoms with E-state index >= 15 is 0 Å². The number of aromatic nitrogens is 2. The van der Waals surface area contributed by atoms with Crippen LogP contribution >= 0.6 is 15.9 Å². The van der Waals surface area contributed by atoms with Crippen molar-refractivity contribution in [2.75, 3.05) is 17.7 Å². The number of nitrogens with zero attached hydrogens (tertiary/aromatic N) is 3. The molecule has 0 saturated carbocycles.